The van der Waals surface area contributed by atoms with Crippen molar-refractivity contribution in [3.8, 4) is 0 Å². The lowest BCUT2D eigenvalue weighted by Crippen LogP contribution is -2.37. The first-order valence-corrected chi connectivity index (χ1v) is 14.7. The Morgan fingerprint density at radius 2 is 1.24 bits per heavy atom. The fourth-order valence-corrected chi connectivity index (χ4v) is 3.81. The second kappa shape index (κ2) is 27.6. The van der Waals surface area contributed by atoms with Gasteiger partial charge in [-0.3, -0.25) is 9.59 Å². The summed E-state index contributed by atoms with van der Waals surface area (Å²) in [6, 6.07) is 0.225. The van der Waals surface area contributed by atoms with E-state index in [0.717, 1.165) is 58.0 Å². The molecule has 0 amide bonds. The fraction of sp³-hybridized carbons (Fsp3) is 0.867. The number of carbonyl (C=O) groups is 2. The molecule has 1 atom stereocenters. The Labute approximate surface area is 227 Å². The van der Waals surface area contributed by atoms with Crippen molar-refractivity contribution < 1.29 is 28.5 Å². The van der Waals surface area contributed by atoms with Gasteiger partial charge in [-0.05, 0) is 52.6 Å². The summed E-state index contributed by atoms with van der Waals surface area (Å²) < 4.78 is 21.6. The van der Waals surface area contributed by atoms with Gasteiger partial charge < -0.3 is 23.8 Å². The first-order valence-electron chi connectivity index (χ1n) is 14.7. The average molecular weight is 528 g/mol. The number of likely N-dealkylation sites (N-methyl/N-ethyl adjacent to an activating group) is 1. The molecule has 0 saturated carbocycles. The number of unbranched alkanes of at least 4 members (excludes halogenated alkanes) is 11. The smallest absolute Gasteiger partial charge is 0.306 e. The average Bonchev–Trinajstić information content (AvgIpc) is 2.88. The molecule has 0 fully saturated rings. The summed E-state index contributed by atoms with van der Waals surface area (Å²) in [5.74, 6) is -0.247. The van der Waals surface area contributed by atoms with E-state index in [0.29, 0.717) is 39.3 Å². The molecular weight excluding hydrogens is 470 g/mol. The van der Waals surface area contributed by atoms with E-state index in [1.54, 1.807) is 0 Å². The Kier molecular flexibility index (Phi) is 26.5. The highest BCUT2D eigenvalue weighted by Gasteiger charge is 2.12. The van der Waals surface area contributed by atoms with E-state index in [2.05, 4.69) is 22.6 Å². The molecule has 0 aliphatic heterocycles. The summed E-state index contributed by atoms with van der Waals surface area (Å²) in [6.45, 7) is 5.34. The van der Waals surface area contributed by atoms with Crippen LogP contribution in [0.2, 0.25) is 0 Å². The molecular formula is C30H57NO6. The second-order valence-electron chi connectivity index (χ2n) is 10.0. The van der Waals surface area contributed by atoms with Gasteiger partial charge in [0.2, 0.25) is 0 Å². The first kappa shape index (κ1) is 35.6. The number of hydrogen-bond acceptors (Lipinski definition) is 7. The summed E-state index contributed by atoms with van der Waals surface area (Å²) in [4.78, 5) is 25.1. The van der Waals surface area contributed by atoms with Crippen molar-refractivity contribution in [1.29, 1.82) is 0 Å². The molecule has 0 aromatic rings. The number of methoxy groups -OCH3 is 1. The Morgan fingerprint density at radius 1 is 0.703 bits per heavy atom. The van der Waals surface area contributed by atoms with Crippen LogP contribution in [0, 0.1) is 0 Å². The Bertz CT molecular complexity index is 552. The maximum Gasteiger partial charge on any atom is 0.306 e. The van der Waals surface area contributed by atoms with E-state index < -0.39 is 0 Å². The molecule has 0 saturated heterocycles. The number of carbonyl (C=O) groups excluding carboxylic acids is 2. The van der Waals surface area contributed by atoms with Gasteiger partial charge in [-0.2, -0.15) is 0 Å². The molecule has 0 bridgehead atoms. The molecule has 0 aliphatic rings. The van der Waals surface area contributed by atoms with Crippen molar-refractivity contribution in [2.75, 3.05) is 54.2 Å². The third-order valence-electron chi connectivity index (χ3n) is 6.40. The van der Waals surface area contributed by atoms with Crippen LogP contribution in [0.25, 0.3) is 0 Å². The summed E-state index contributed by atoms with van der Waals surface area (Å²) in [7, 11) is 5.51. The molecule has 1 unspecified atom stereocenters. The first-order chi connectivity index (χ1) is 18.0. The van der Waals surface area contributed by atoms with Crippen LogP contribution in [0.3, 0.4) is 0 Å². The van der Waals surface area contributed by atoms with Gasteiger partial charge in [-0.1, -0.05) is 70.4 Å². The van der Waals surface area contributed by atoms with E-state index >= 15 is 0 Å². The van der Waals surface area contributed by atoms with Crippen molar-refractivity contribution in [2.24, 2.45) is 0 Å². The summed E-state index contributed by atoms with van der Waals surface area (Å²) in [6.07, 6.45) is 20.7. The van der Waals surface area contributed by atoms with E-state index in [1.165, 1.54) is 45.6 Å². The highest BCUT2D eigenvalue weighted by molar-refractivity contribution is 5.69. The SMILES string of the molecule is CCCCCCCC/C=C/COC(=O)CCCCCOCC(COCCCCCCC(=O)OC)N(C)C. The molecule has 0 radical (unpaired) electrons. The molecule has 37 heavy (non-hydrogen) atoms. The number of hydrogen-bond donors (Lipinski definition) is 0. The monoisotopic (exact) mass is 527 g/mol. The molecule has 0 N–H and O–H groups in total. The van der Waals surface area contributed by atoms with E-state index in [4.69, 9.17) is 14.2 Å². The zero-order valence-electron chi connectivity index (χ0n) is 24.5. The zero-order chi connectivity index (χ0) is 27.4. The zero-order valence-corrected chi connectivity index (χ0v) is 24.5. The number of rotatable bonds is 27. The van der Waals surface area contributed by atoms with Crippen molar-refractivity contribution in [3.63, 3.8) is 0 Å². The van der Waals surface area contributed by atoms with Crippen LogP contribution in [-0.2, 0) is 28.5 Å². The van der Waals surface area contributed by atoms with Crippen LogP contribution < -0.4 is 0 Å². The number of ether oxygens (including phenoxy) is 4. The number of allylic oxidation sites excluding steroid dienone is 1. The quantitative estimate of drug-likeness (QED) is 0.0687. The minimum absolute atomic E-state index is 0.113. The largest absolute Gasteiger partial charge is 0.469 e. The lowest BCUT2D eigenvalue weighted by molar-refractivity contribution is -0.142. The van der Waals surface area contributed by atoms with Crippen molar-refractivity contribution in [1.82, 2.24) is 4.90 Å². The molecule has 0 spiro atoms. The molecule has 0 heterocycles. The number of esters is 2. The normalized spacial score (nSPS) is 12.4. The minimum Gasteiger partial charge on any atom is -0.469 e. The summed E-state index contributed by atoms with van der Waals surface area (Å²) >= 11 is 0. The van der Waals surface area contributed by atoms with Gasteiger partial charge in [0.25, 0.3) is 0 Å². The lowest BCUT2D eigenvalue weighted by atomic mass is 10.1. The number of nitrogens with zero attached hydrogens (tertiary/aromatic N) is 1. The van der Waals surface area contributed by atoms with E-state index in [9.17, 15) is 9.59 Å². The maximum absolute atomic E-state index is 11.8. The summed E-state index contributed by atoms with van der Waals surface area (Å²) in [5, 5.41) is 0. The van der Waals surface area contributed by atoms with Gasteiger partial charge in [-0.15, -0.1) is 0 Å². The minimum atomic E-state index is -0.134. The van der Waals surface area contributed by atoms with Gasteiger partial charge in [0, 0.05) is 26.1 Å². The van der Waals surface area contributed by atoms with Gasteiger partial charge in [0.15, 0.2) is 0 Å². The molecule has 218 valence electrons. The topological polar surface area (TPSA) is 74.3 Å². The Morgan fingerprint density at radius 3 is 1.86 bits per heavy atom. The van der Waals surface area contributed by atoms with E-state index in [-0.39, 0.29) is 18.0 Å². The third-order valence-corrected chi connectivity index (χ3v) is 6.40. The van der Waals surface area contributed by atoms with Crippen LogP contribution in [-0.4, -0.2) is 77.1 Å². The van der Waals surface area contributed by atoms with Gasteiger partial charge in [0.05, 0.1) is 26.4 Å². The lowest BCUT2D eigenvalue weighted by Gasteiger charge is -2.24. The fourth-order valence-electron chi connectivity index (χ4n) is 3.81. The molecule has 7 nitrogen and oxygen atoms in total. The summed E-state index contributed by atoms with van der Waals surface area (Å²) in [5.41, 5.74) is 0. The van der Waals surface area contributed by atoms with Gasteiger partial charge in [0.1, 0.15) is 6.61 Å². The van der Waals surface area contributed by atoms with Crippen LogP contribution in [0.5, 0.6) is 0 Å². The van der Waals surface area contributed by atoms with Crippen molar-refractivity contribution >= 4 is 11.9 Å². The van der Waals surface area contributed by atoms with Gasteiger partial charge in [-0.25, -0.2) is 0 Å². The van der Waals surface area contributed by atoms with Crippen molar-refractivity contribution in [3.05, 3.63) is 12.2 Å². The van der Waals surface area contributed by atoms with Crippen LogP contribution in [0.4, 0.5) is 0 Å². The second-order valence-corrected chi connectivity index (χ2v) is 10.0. The predicted octanol–water partition coefficient (Wildman–Crippen LogP) is 6.48. The molecule has 0 rings (SSSR count). The van der Waals surface area contributed by atoms with Crippen molar-refractivity contribution in [2.45, 2.75) is 116 Å². The van der Waals surface area contributed by atoms with Crippen LogP contribution in [0.15, 0.2) is 12.2 Å². The van der Waals surface area contributed by atoms with E-state index in [1.807, 2.05) is 20.2 Å². The molecule has 0 aliphatic carbocycles. The Balaban J connectivity index is 3.58. The molecule has 7 heteroatoms. The van der Waals surface area contributed by atoms with Crippen LogP contribution >= 0.6 is 0 Å². The molecule has 0 aromatic heterocycles. The van der Waals surface area contributed by atoms with Gasteiger partial charge >= 0.3 is 11.9 Å². The Hall–Kier alpha value is -1.44. The highest BCUT2D eigenvalue weighted by atomic mass is 16.5. The standard InChI is InChI=1S/C30H57NO6/c1-5-6-7-8-9-10-11-13-20-25-37-30(33)22-17-15-19-24-36-27-28(31(2)3)26-35-23-18-14-12-16-21-29(32)34-4/h13,20,28H,5-12,14-19,21-27H2,1-4H3/b20-13+. The highest BCUT2D eigenvalue weighted by Crippen LogP contribution is 2.08. The maximum atomic E-state index is 11.8. The third kappa shape index (κ3) is 26.0. The van der Waals surface area contributed by atoms with Crippen LogP contribution in [0.1, 0.15) is 110 Å². The predicted molar refractivity (Wildman–Crippen MR) is 151 cm³/mol. The molecule has 0 aromatic carbocycles.